The van der Waals surface area contributed by atoms with E-state index in [1.165, 1.54) is 0 Å². The van der Waals surface area contributed by atoms with E-state index >= 15 is 0 Å². The number of nitrogens with one attached hydrogen (secondary N) is 1. The fraction of sp³-hybridized carbons (Fsp3) is 0.167. The minimum Gasteiger partial charge on any atom is -0.459 e. The normalized spacial score (nSPS) is 9.39. The molecule has 0 saturated heterocycles. The Kier molecular flexibility index (Phi) is 5.73. The number of hydrogen-bond acceptors (Lipinski definition) is 4. The molecule has 1 N–H and O–H groups in total. The molecule has 1 aromatic rings. The first-order valence-electron chi connectivity index (χ1n) is 5.11. The van der Waals surface area contributed by atoms with Crippen molar-refractivity contribution in [3.8, 4) is 0 Å². The topological polar surface area (TPSA) is 64.6 Å². The van der Waals surface area contributed by atoms with Crippen molar-refractivity contribution in [2.24, 2.45) is 0 Å². The van der Waals surface area contributed by atoms with Gasteiger partial charge in [-0.1, -0.05) is 30.3 Å². The van der Waals surface area contributed by atoms with Crippen LogP contribution in [0.5, 0.6) is 0 Å². The number of rotatable bonds is 5. The van der Waals surface area contributed by atoms with Gasteiger partial charge in [-0.25, -0.2) is 9.59 Å². The quantitative estimate of drug-likeness (QED) is 0.507. The van der Waals surface area contributed by atoms with Gasteiger partial charge in [0.2, 0.25) is 0 Å². The minimum absolute atomic E-state index is 0.0270. The Balaban J connectivity index is 2.28. The Hall–Kier alpha value is -2.01. The van der Waals surface area contributed by atoms with Crippen molar-refractivity contribution in [1.29, 1.82) is 0 Å². The molecular formula is C12H12ClNO4. The molecule has 0 saturated carbocycles. The molecule has 5 nitrogen and oxygen atoms in total. The molecule has 0 radical (unpaired) electrons. The summed E-state index contributed by atoms with van der Waals surface area (Å²) < 4.78 is 9.40. The molecule has 0 aliphatic heterocycles. The Morgan fingerprint density at radius 2 is 1.94 bits per heavy atom. The highest BCUT2D eigenvalue weighted by molar-refractivity contribution is 6.33. The van der Waals surface area contributed by atoms with Crippen molar-refractivity contribution in [3.63, 3.8) is 0 Å². The molecular weight excluding hydrogens is 258 g/mol. The number of hydrogen-bond donors (Lipinski definition) is 1. The van der Waals surface area contributed by atoms with Gasteiger partial charge in [-0.15, -0.1) is 0 Å². The molecule has 0 fully saturated rings. The van der Waals surface area contributed by atoms with Gasteiger partial charge in [0.05, 0.1) is 10.7 Å². The first kappa shape index (κ1) is 14.1. The van der Waals surface area contributed by atoms with Gasteiger partial charge >= 0.3 is 12.1 Å². The fourth-order valence-electron chi connectivity index (χ4n) is 1.04. The minimum atomic E-state index is -0.669. The van der Waals surface area contributed by atoms with E-state index in [0.717, 1.165) is 6.08 Å². The molecule has 1 amide bonds. The van der Waals surface area contributed by atoms with E-state index in [2.05, 4.69) is 16.6 Å². The largest absolute Gasteiger partial charge is 0.459 e. The number of carbonyl (C=O) groups is 2. The molecule has 18 heavy (non-hydrogen) atoms. The van der Waals surface area contributed by atoms with Crippen LogP contribution in [-0.2, 0) is 14.3 Å². The summed E-state index contributed by atoms with van der Waals surface area (Å²) >= 11 is 5.84. The van der Waals surface area contributed by atoms with Crippen LogP contribution >= 0.6 is 11.6 Å². The molecule has 96 valence electrons. The number of benzene rings is 1. The number of anilines is 1. The number of esters is 1. The Bertz CT molecular complexity index is 447. The molecule has 0 unspecified atom stereocenters. The van der Waals surface area contributed by atoms with Crippen molar-refractivity contribution >= 4 is 29.4 Å². The van der Waals surface area contributed by atoms with Gasteiger partial charge in [0, 0.05) is 6.08 Å². The lowest BCUT2D eigenvalue weighted by Crippen LogP contribution is -2.17. The van der Waals surface area contributed by atoms with Crippen LogP contribution in [-0.4, -0.2) is 25.3 Å². The van der Waals surface area contributed by atoms with Crippen LogP contribution in [0.4, 0.5) is 10.5 Å². The predicted octanol–water partition coefficient (Wildman–Crippen LogP) is 2.62. The highest BCUT2D eigenvalue weighted by Crippen LogP contribution is 2.20. The number of amides is 1. The van der Waals surface area contributed by atoms with Crippen LogP contribution in [0.1, 0.15) is 0 Å². The van der Waals surface area contributed by atoms with Gasteiger partial charge in [0.25, 0.3) is 0 Å². The van der Waals surface area contributed by atoms with E-state index in [1.54, 1.807) is 24.3 Å². The highest BCUT2D eigenvalue weighted by atomic mass is 35.5. The number of carbonyl (C=O) groups excluding carboxylic acids is 2. The molecule has 0 atom stereocenters. The third kappa shape index (κ3) is 4.88. The standard InChI is InChI=1S/C12H12ClNO4/c1-2-11(15)17-7-8-18-12(16)14-10-6-4-3-5-9(10)13/h2-6H,1,7-8H2,(H,14,16). The van der Waals surface area contributed by atoms with Gasteiger partial charge in [-0.3, -0.25) is 5.32 Å². The van der Waals surface area contributed by atoms with Crippen LogP contribution in [0.3, 0.4) is 0 Å². The van der Waals surface area contributed by atoms with E-state index in [9.17, 15) is 9.59 Å². The van der Waals surface area contributed by atoms with Crippen LogP contribution in [0.2, 0.25) is 5.02 Å². The van der Waals surface area contributed by atoms with Gasteiger partial charge < -0.3 is 9.47 Å². The maximum Gasteiger partial charge on any atom is 0.411 e. The molecule has 6 heteroatoms. The lowest BCUT2D eigenvalue weighted by molar-refractivity contribution is -0.138. The average molecular weight is 270 g/mol. The summed E-state index contributed by atoms with van der Waals surface area (Å²) in [5.74, 6) is -0.565. The third-order valence-electron chi connectivity index (χ3n) is 1.84. The summed E-state index contributed by atoms with van der Waals surface area (Å²) in [7, 11) is 0. The summed E-state index contributed by atoms with van der Waals surface area (Å²) in [6.07, 6.45) is 0.363. The maximum absolute atomic E-state index is 11.3. The first-order valence-corrected chi connectivity index (χ1v) is 5.49. The van der Waals surface area contributed by atoms with E-state index in [-0.39, 0.29) is 13.2 Å². The predicted molar refractivity (Wildman–Crippen MR) is 67.6 cm³/mol. The van der Waals surface area contributed by atoms with E-state index in [1.807, 2.05) is 0 Å². The molecule has 0 spiro atoms. The summed E-state index contributed by atoms with van der Waals surface area (Å²) in [4.78, 5) is 22.0. The van der Waals surface area contributed by atoms with Crippen LogP contribution in [0.25, 0.3) is 0 Å². The smallest absolute Gasteiger partial charge is 0.411 e. The molecule has 0 aliphatic rings. The maximum atomic E-state index is 11.3. The zero-order valence-corrected chi connectivity index (χ0v) is 10.3. The number of para-hydroxylation sites is 1. The second-order valence-corrected chi connectivity index (χ2v) is 3.52. The van der Waals surface area contributed by atoms with Crippen molar-refractivity contribution in [3.05, 3.63) is 41.9 Å². The SMILES string of the molecule is C=CC(=O)OCCOC(=O)Nc1ccccc1Cl. The fourth-order valence-corrected chi connectivity index (χ4v) is 1.23. The molecule has 1 rings (SSSR count). The molecule has 0 bridgehead atoms. The van der Waals surface area contributed by atoms with E-state index in [4.69, 9.17) is 16.3 Å². The second-order valence-electron chi connectivity index (χ2n) is 3.11. The third-order valence-corrected chi connectivity index (χ3v) is 2.17. The molecule has 0 aromatic heterocycles. The average Bonchev–Trinajstić information content (AvgIpc) is 2.37. The lowest BCUT2D eigenvalue weighted by atomic mass is 10.3. The molecule has 1 aromatic carbocycles. The monoisotopic (exact) mass is 269 g/mol. The summed E-state index contributed by atoms with van der Waals surface area (Å²) in [5.41, 5.74) is 0.451. The first-order chi connectivity index (χ1) is 8.63. The van der Waals surface area contributed by atoms with Crippen LogP contribution in [0.15, 0.2) is 36.9 Å². The van der Waals surface area contributed by atoms with E-state index in [0.29, 0.717) is 10.7 Å². The Morgan fingerprint density at radius 3 is 2.61 bits per heavy atom. The van der Waals surface area contributed by atoms with Crippen LogP contribution < -0.4 is 5.32 Å². The zero-order chi connectivity index (χ0) is 13.4. The van der Waals surface area contributed by atoms with Crippen molar-refractivity contribution < 1.29 is 19.1 Å². The van der Waals surface area contributed by atoms with Gasteiger partial charge in [-0.2, -0.15) is 0 Å². The number of ether oxygens (including phenoxy) is 2. The summed E-state index contributed by atoms with van der Waals surface area (Å²) in [5, 5.41) is 2.87. The molecule has 0 aliphatic carbocycles. The van der Waals surface area contributed by atoms with Crippen LogP contribution in [0, 0.1) is 0 Å². The lowest BCUT2D eigenvalue weighted by Gasteiger charge is -2.08. The summed E-state index contributed by atoms with van der Waals surface area (Å²) in [6, 6.07) is 6.76. The number of halogens is 1. The van der Waals surface area contributed by atoms with Gasteiger partial charge in [0.1, 0.15) is 13.2 Å². The summed E-state index contributed by atoms with van der Waals surface area (Å²) in [6.45, 7) is 3.16. The van der Waals surface area contributed by atoms with Crippen molar-refractivity contribution in [1.82, 2.24) is 0 Å². The second kappa shape index (κ2) is 7.34. The van der Waals surface area contributed by atoms with Gasteiger partial charge in [0.15, 0.2) is 0 Å². The molecule has 0 heterocycles. The Labute approximate surface area is 109 Å². The highest BCUT2D eigenvalue weighted by Gasteiger charge is 2.06. The van der Waals surface area contributed by atoms with Crippen molar-refractivity contribution in [2.75, 3.05) is 18.5 Å². The van der Waals surface area contributed by atoms with Gasteiger partial charge in [-0.05, 0) is 12.1 Å². The van der Waals surface area contributed by atoms with E-state index < -0.39 is 12.1 Å². The Morgan fingerprint density at radius 1 is 1.28 bits per heavy atom. The van der Waals surface area contributed by atoms with Crippen molar-refractivity contribution in [2.45, 2.75) is 0 Å². The zero-order valence-electron chi connectivity index (χ0n) is 9.52.